The maximum atomic E-state index is 6.24. The van der Waals surface area contributed by atoms with Gasteiger partial charge in [-0.15, -0.1) is 0 Å². The number of nitrogens with zero attached hydrogens (tertiary/aromatic N) is 2. The molecule has 1 aliphatic heterocycles. The molecular weight excluding hydrogens is 276 g/mol. The van der Waals surface area contributed by atoms with Crippen molar-refractivity contribution < 1.29 is 9.26 Å². The molecule has 20 heavy (non-hydrogen) atoms. The van der Waals surface area contributed by atoms with Gasteiger partial charge in [0.15, 0.2) is 0 Å². The van der Waals surface area contributed by atoms with Crippen LogP contribution in [0, 0.1) is 6.92 Å². The second kappa shape index (κ2) is 4.63. The van der Waals surface area contributed by atoms with Crippen molar-refractivity contribution in [3.05, 3.63) is 40.6 Å². The highest BCUT2D eigenvalue weighted by Crippen LogP contribution is 2.33. The van der Waals surface area contributed by atoms with Gasteiger partial charge in [-0.05, 0) is 26.8 Å². The average Bonchev–Trinajstić information content (AvgIpc) is 2.93. The molecule has 4 nitrogen and oxygen atoms in total. The van der Waals surface area contributed by atoms with Gasteiger partial charge in [-0.25, -0.2) is 4.99 Å². The number of ether oxygens (including phenoxy) is 1. The minimum absolute atomic E-state index is 0.225. The largest absolute Gasteiger partial charge is 0.475 e. The summed E-state index contributed by atoms with van der Waals surface area (Å²) in [6.45, 7) is 6.45. The van der Waals surface area contributed by atoms with E-state index in [9.17, 15) is 0 Å². The van der Waals surface area contributed by atoms with E-state index < -0.39 is 0 Å². The molecule has 0 fully saturated rings. The van der Waals surface area contributed by atoms with Crippen LogP contribution in [0.2, 0.25) is 5.02 Å². The minimum Gasteiger partial charge on any atom is -0.475 e. The normalized spacial score (nSPS) is 16.9. The molecule has 2 heterocycles. The molecule has 2 aromatic rings. The average molecular weight is 291 g/mol. The summed E-state index contributed by atoms with van der Waals surface area (Å²) in [4.78, 5) is 4.59. The lowest BCUT2D eigenvalue weighted by atomic mass is 10.1. The van der Waals surface area contributed by atoms with Gasteiger partial charge in [-0.3, -0.25) is 0 Å². The summed E-state index contributed by atoms with van der Waals surface area (Å²) in [5.41, 5.74) is 2.04. The number of aromatic nitrogens is 1. The molecule has 0 aliphatic carbocycles. The second-order valence-corrected chi connectivity index (χ2v) is 5.87. The summed E-state index contributed by atoms with van der Waals surface area (Å²) in [6.07, 6.45) is 0. The molecule has 0 amide bonds. The fourth-order valence-corrected chi connectivity index (χ4v) is 2.40. The van der Waals surface area contributed by atoms with E-state index in [2.05, 4.69) is 10.1 Å². The van der Waals surface area contributed by atoms with Crippen LogP contribution in [0.5, 0.6) is 0 Å². The molecule has 0 saturated carbocycles. The zero-order valence-electron chi connectivity index (χ0n) is 11.6. The molecule has 1 aliphatic rings. The number of aliphatic imine (C=N–C) groups is 1. The molecule has 0 radical (unpaired) electrons. The topological polar surface area (TPSA) is 47.6 Å². The Kier molecular flexibility index (Phi) is 3.05. The van der Waals surface area contributed by atoms with Gasteiger partial charge in [0.2, 0.25) is 5.90 Å². The monoisotopic (exact) mass is 290 g/mol. The maximum Gasteiger partial charge on any atom is 0.222 e. The van der Waals surface area contributed by atoms with Gasteiger partial charge in [-0.1, -0.05) is 35.0 Å². The summed E-state index contributed by atoms with van der Waals surface area (Å²) in [5.74, 6) is 1.25. The van der Waals surface area contributed by atoms with E-state index in [0.717, 1.165) is 11.1 Å². The van der Waals surface area contributed by atoms with Gasteiger partial charge in [0.25, 0.3) is 0 Å². The molecular formula is C15H15ClN2O2. The second-order valence-electron chi connectivity index (χ2n) is 5.46. The first-order chi connectivity index (χ1) is 9.48. The summed E-state index contributed by atoms with van der Waals surface area (Å²) in [6, 6.07) is 7.52. The third-order valence-corrected chi connectivity index (χ3v) is 3.50. The molecule has 0 spiro atoms. The molecule has 0 atom stereocenters. The Labute approximate surface area is 122 Å². The highest BCUT2D eigenvalue weighted by Gasteiger charge is 2.31. The van der Waals surface area contributed by atoms with Crippen molar-refractivity contribution in [3.8, 4) is 11.3 Å². The molecule has 0 unspecified atom stereocenters. The van der Waals surface area contributed by atoms with Crippen molar-refractivity contribution in [2.24, 2.45) is 4.99 Å². The van der Waals surface area contributed by atoms with Crippen molar-refractivity contribution in [2.45, 2.75) is 26.3 Å². The smallest absolute Gasteiger partial charge is 0.222 e. The highest BCUT2D eigenvalue weighted by atomic mass is 35.5. The standard InChI is InChI=1S/C15H15ClN2O2/c1-9-12(14-17-15(2,3)8-19-14)13(18-20-9)10-6-4-5-7-11(10)16/h4-7H,8H2,1-3H3. The van der Waals surface area contributed by atoms with E-state index in [1.165, 1.54) is 0 Å². The van der Waals surface area contributed by atoms with Crippen molar-refractivity contribution >= 4 is 17.5 Å². The summed E-state index contributed by atoms with van der Waals surface area (Å²) >= 11 is 6.24. The van der Waals surface area contributed by atoms with Crippen LogP contribution in [0.25, 0.3) is 11.3 Å². The molecule has 1 aromatic carbocycles. The van der Waals surface area contributed by atoms with Crippen molar-refractivity contribution in [1.29, 1.82) is 0 Å². The summed E-state index contributed by atoms with van der Waals surface area (Å²) in [5, 5.41) is 4.74. The van der Waals surface area contributed by atoms with Gasteiger partial charge in [-0.2, -0.15) is 0 Å². The third kappa shape index (κ3) is 2.20. The van der Waals surface area contributed by atoms with E-state index in [1.807, 2.05) is 45.0 Å². The fourth-order valence-electron chi connectivity index (χ4n) is 2.17. The first-order valence-corrected chi connectivity index (χ1v) is 6.80. The predicted molar refractivity (Wildman–Crippen MR) is 78.3 cm³/mol. The highest BCUT2D eigenvalue weighted by molar-refractivity contribution is 6.33. The van der Waals surface area contributed by atoms with Crippen LogP contribution >= 0.6 is 11.6 Å². The zero-order valence-corrected chi connectivity index (χ0v) is 12.4. The van der Waals surface area contributed by atoms with E-state index in [1.54, 1.807) is 0 Å². The Morgan fingerprint density at radius 1 is 1.25 bits per heavy atom. The Bertz CT molecular complexity index is 689. The minimum atomic E-state index is -0.225. The van der Waals surface area contributed by atoms with E-state index in [0.29, 0.717) is 29.0 Å². The quantitative estimate of drug-likeness (QED) is 0.844. The Hall–Kier alpha value is -1.81. The first-order valence-electron chi connectivity index (χ1n) is 6.42. The fraction of sp³-hybridized carbons (Fsp3) is 0.333. The Balaban J connectivity index is 2.15. The summed E-state index contributed by atoms with van der Waals surface area (Å²) in [7, 11) is 0. The lowest BCUT2D eigenvalue weighted by Gasteiger charge is -2.07. The van der Waals surface area contributed by atoms with Gasteiger partial charge < -0.3 is 9.26 Å². The number of halogens is 1. The van der Waals surface area contributed by atoms with Crippen LogP contribution in [0.4, 0.5) is 0 Å². The molecule has 1 aromatic heterocycles. The number of hydrogen-bond acceptors (Lipinski definition) is 4. The number of aryl methyl sites for hydroxylation is 1. The van der Waals surface area contributed by atoms with E-state index in [-0.39, 0.29) is 5.54 Å². The molecule has 0 saturated heterocycles. The van der Waals surface area contributed by atoms with Crippen LogP contribution in [-0.4, -0.2) is 23.2 Å². The van der Waals surface area contributed by atoms with Gasteiger partial charge in [0, 0.05) is 5.56 Å². The van der Waals surface area contributed by atoms with Gasteiger partial charge >= 0.3 is 0 Å². The number of hydrogen-bond donors (Lipinski definition) is 0. The van der Waals surface area contributed by atoms with Crippen LogP contribution in [0.15, 0.2) is 33.8 Å². The zero-order chi connectivity index (χ0) is 14.3. The van der Waals surface area contributed by atoms with E-state index in [4.69, 9.17) is 20.9 Å². The van der Waals surface area contributed by atoms with Gasteiger partial charge in [0.05, 0.1) is 10.6 Å². The molecule has 0 N–H and O–H groups in total. The Morgan fingerprint density at radius 3 is 2.65 bits per heavy atom. The van der Waals surface area contributed by atoms with Crippen LogP contribution < -0.4 is 0 Å². The molecule has 0 bridgehead atoms. The van der Waals surface area contributed by atoms with Crippen molar-refractivity contribution in [1.82, 2.24) is 5.16 Å². The Morgan fingerprint density at radius 2 is 2.00 bits per heavy atom. The molecule has 104 valence electrons. The van der Waals surface area contributed by atoms with Crippen LogP contribution in [-0.2, 0) is 4.74 Å². The van der Waals surface area contributed by atoms with Crippen molar-refractivity contribution in [2.75, 3.05) is 6.61 Å². The van der Waals surface area contributed by atoms with Crippen molar-refractivity contribution in [3.63, 3.8) is 0 Å². The first kappa shape index (κ1) is 13.2. The van der Waals surface area contributed by atoms with Gasteiger partial charge in [0.1, 0.15) is 23.6 Å². The molecule has 5 heteroatoms. The number of benzene rings is 1. The third-order valence-electron chi connectivity index (χ3n) is 3.17. The lowest BCUT2D eigenvalue weighted by Crippen LogP contribution is -2.17. The lowest BCUT2D eigenvalue weighted by molar-refractivity contribution is 0.279. The molecule has 3 rings (SSSR count). The summed E-state index contributed by atoms with van der Waals surface area (Å²) < 4.78 is 11.0. The van der Waals surface area contributed by atoms with Crippen LogP contribution in [0.1, 0.15) is 25.2 Å². The SMILES string of the molecule is Cc1onc(-c2ccccc2Cl)c1C1=NC(C)(C)CO1. The number of rotatable bonds is 2. The predicted octanol–water partition coefficient (Wildman–Crippen LogP) is 3.86. The maximum absolute atomic E-state index is 6.24. The van der Waals surface area contributed by atoms with E-state index >= 15 is 0 Å². The van der Waals surface area contributed by atoms with Crippen LogP contribution in [0.3, 0.4) is 0 Å².